The van der Waals surface area contributed by atoms with Gasteiger partial charge >= 0.3 is 5.97 Å². The van der Waals surface area contributed by atoms with Gasteiger partial charge in [0.05, 0.1) is 19.6 Å². The van der Waals surface area contributed by atoms with Crippen molar-refractivity contribution in [2.45, 2.75) is 64.4 Å². The molecule has 0 spiro atoms. The summed E-state index contributed by atoms with van der Waals surface area (Å²) >= 11 is 0. The molecule has 0 bridgehead atoms. The monoisotopic (exact) mass is 625 g/mol. The van der Waals surface area contributed by atoms with Crippen LogP contribution in [-0.4, -0.2) is 59.3 Å². The fourth-order valence-corrected chi connectivity index (χ4v) is 5.46. The minimum atomic E-state index is -1.51. The first-order valence-electron chi connectivity index (χ1n) is 15.3. The minimum absolute atomic E-state index is 0.0770. The van der Waals surface area contributed by atoms with Crippen molar-refractivity contribution in [1.82, 2.24) is 16.0 Å². The van der Waals surface area contributed by atoms with Crippen LogP contribution in [0.5, 0.6) is 5.75 Å². The van der Waals surface area contributed by atoms with E-state index in [-0.39, 0.29) is 25.3 Å². The van der Waals surface area contributed by atoms with E-state index in [0.717, 1.165) is 27.5 Å². The number of carbonyl (C=O) groups is 3. The number of carbonyl (C=O) groups excluding carboxylic acids is 2. The Kier molecular flexibility index (Phi) is 11.5. The zero-order chi connectivity index (χ0) is 33.3. The Labute approximate surface area is 270 Å². The third kappa shape index (κ3) is 9.15. The third-order valence-corrected chi connectivity index (χ3v) is 8.00. The predicted molar refractivity (Wildman–Crippen MR) is 178 cm³/mol. The Morgan fingerprint density at radius 2 is 1.46 bits per heavy atom. The van der Waals surface area contributed by atoms with Gasteiger partial charge in [-0.3, -0.25) is 19.7 Å². The van der Waals surface area contributed by atoms with E-state index in [9.17, 15) is 24.6 Å². The maximum Gasteiger partial charge on any atom is 0.323 e. The SMILES string of the molecule is COc1ccc(CNC(C(=O)O)C(O)C(Cc2ccccc2)NC(=O)C(NC(=O)Cc2cccc3ccccc23)C(C)(C)C)cc1. The van der Waals surface area contributed by atoms with E-state index in [1.807, 2.05) is 93.6 Å². The highest BCUT2D eigenvalue weighted by Crippen LogP contribution is 2.23. The fourth-order valence-electron chi connectivity index (χ4n) is 5.46. The number of methoxy groups -OCH3 is 1. The van der Waals surface area contributed by atoms with Gasteiger partial charge < -0.3 is 25.6 Å². The van der Waals surface area contributed by atoms with E-state index in [4.69, 9.17) is 4.74 Å². The third-order valence-electron chi connectivity index (χ3n) is 8.00. The summed E-state index contributed by atoms with van der Waals surface area (Å²) in [6.45, 7) is 5.69. The van der Waals surface area contributed by atoms with Crippen LogP contribution in [0.2, 0.25) is 0 Å². The fraction of sp³-hybridized carbons (Fsp3) is 0.324. The second-order valence-electron chi connectivity index (χ2n) is 12.5. The molecule has 0 saturated carbocycles. The van der Waals surface area contributed by atoms with Crippen molar-refractivity contribution in [3.63, 3.8) is 0 Å². The number of nitrogens with one attached hydrogen (secondary N) is 3. The molecule has 0 fully saturated rings. The van der Waals surface area contributed by atoms with Crippen LogP contribution < -0.4 is 20.7 Å². The first-order chi connectivity index (χ1) is 22.0. The average molecular weight is 626 g/mol. The molecule has 9 heteroatoms. The number of hydrogen-bond acceptors (Lipinski definition) is 6. The average Bonchev–Trinajstić information content (AvgIpc) is 3.03. The molecule has 4 aromatic rings. The molecule has 5 N–H and O–H groups in total. The van der Waals surface area contributed by atoms with Crippen LogP contribution >= 0.6 is 0 Å². The van der Waals surface area contributed by atoms with Gasteiger partial charge in [-0.1, -0.05) is 106 Å². The molecule has 0 aromatic heterocycles. The molecular weight excluding hydrogens is 582 g/mol. The standard InChI is InChI=1S/C37H43N3O6/c1-37(2,3)34(40-31(41)22-27-15-10-14-26-13-8-9-16-29(26)27)35(43)39-30(21-24-11-6-5-7-12-24)33(42)32(36(44)45)38-23-25-17-19-28(46-4)20-18-25/h5-20,30,32-34,38,42H,21-23H2,1-4H3,(H,39,43)(H,40,41)(H,44,45). The number of aliphatic carboxylic acids is 1. The summed E-state index contributed by atoms with van der Waals surface area (Å²) < 4.78 is 5.19. The first kappa shape index (κ1) is 34.1. The van der Waals surface area contributed by atoms with E-state index in [2.05, 4.69) is 16.0 Å². The lowest BCUT2D eigenvalue weighted by Crippen LogP contribution is -2.61. The first-order valence-corrected chi connectivity index (χ1v) is 15.3. The molecule has 0 heterocycles. The molecule has 2 amide bonds. The zero-order valence-corrected chi connectivity index (χ0v) is 26.7. The molecule has 46 heavy (non-hydrogen) atoms. The number of amides is 2. The van der Waals surface area contributed by atoms with Gasteiger partial charge in [-0.05, 0) is 51.4 Å². The van der Waals surface area contributed by atoms with Crippen LogP contribution in [0.4, 0.5) is 0 Å². The lowest BCUT2D eigenvalue weighted by molar-refractivity contribution is -0.144. The van der Waals surface area contributed by atoms with Crippen molar-refractivity contribution < 1.29 is 29.3 Å². The summed E-state index contributed by atoms with van der Waals surface area (Å²) in [5, 5.41) is 32.3. The topological polar surface area (TPSA) is 137 Å². The van der Waals surface area contributed by atoms with Crippen molar-refractivity contribution in [2.24, 2.45) is 5.41 Å². The van der Waals surface area contributed by atoms with E-state index in [1.54, 1.807) is 31.4 Å². The highest BCUT2D eigenvalue weighted by molar-refractivity contribution is 5.93. The molecule has 9 nitrogen and oxygen atoms in total. The second-order valence-corrected chi connectivity index (χ2v) is 12.5. The number of carboxylic acid groups (broad SMARTS) is 1. The highest BCUT2D eigenvalue weighted by Gasteiger charge is 2.38. The van der Waals surface area contributed by atoms with Crippen molar-refractivity contribution >= 4 is 28.6 Å². The molecule has 0 radical (unpaired) electrons. The summed E-state index contributed by atoms with van der Waals surface area (Å²) in [5.41, 5.74) is 1.75. The Morgan fingerprint density at radius 3 is 2.11 bits per heavy atom. The Bertz CT molecular complexity index is 1610. The van der Waals surface area contributed by atoms with Crippen LogP contribution in [0.3, 0.4) is 0 Å². The number of aliphatic hydroxyl groups is 1. The van der Waals surface area contributed by atoms with E-state index < -0.39 is 41.5 Å². The van der Waals surface area contributed by atoms with Gasteiger partial charge in [0.25, 0.3) is 0 Å². The van der Waals surface area contributed by atoms with Crippen molar-refractivity contribution in [1.29, 1.82) is 0 Å². The molecule has 0 saturated heterocycles. The number of fused-ring (bicyclic) bond motifs is 1. The zero-order valence-electron chi connectivity index (χ0n) is 26.7. The second kappa shape index (κ2) is 15.5. The molecule has 0 aliphatic carbocycles. The molecule has 0 aliphatic heterocycles. The van der Waals surface area contributed by atoms with E-state index >= 15 is 0 Å². The number of benzene rings is 4. The number of aliphatic hydroxyl groups excluding tert-OH is 1. The summed E-state index contributed by atoms with van der Waals surface area (Å²) in [7, 11) is 1.56. The Morgan fingerprint density at radius 1 is 0.804 bits per heavy atom. The van der Waals surface area contributed by atoms with Gasteiger partial charge in [-0.2, -0.15) is 0 Å². The van der Waals surface area contributed by atoms with E-state index in [1.165, 1.54) is 0 Å². The van der Waals surface area contributed by atoms with Crippen LogP contribution in [0.15, 0.2) is 97.1 Å². The van der Waals surface area contributed by atoms with Crippen LogP contribution in [-0.2, 0) is 33.8 Å². The van der Waals surface area contributed by atoms with Gasteiger partial charge in [0.15, 0.2) is 0 Å². The van der Waals surface area contributed by atoms with Gasteiger partial charge in [0, 0.05) is 6.54 Å². The molecule has 4 aromatic carbocycles. The Balaban J connectivity index is 1.53. The van der Waals surface area contributed by atoms with Crippen molar-refractivity contribution in [2.75, 3.05) is 7.11 Å². The molecule has 4 rings (SSSR count). The van der Waals surface area contributed by atoms with Crippen molar-refractivity contribution in [3.05, 3.63) is 114 Å². The van der Waals surface area contributed by atoms with Gasteiger partial charge in [-0.25, -0.2) is 0 Å². The molecular formula is C37H43N3O6. The van der Waals surface area contributed by atoms with Crippen LogP contribution in [0.1, 0.15) is 37.5 Å². The number of rotatable bonds is 14. The highest BCUT2D eigenvalue weighted by atomic mass is 16.5. The summed E-state index contributed by atoms with van der Waals surface area (Å²) in [6, 6.07) is 26.6. The van der Waals surface area contributed by atoms with Gasteiger partial charge in [0.1, 0.15) is 23.9 Å². The molecule has 242 valence electrons. The smallest absolute Gasteiger partial charge is 0.323 e. The quantitative estimate of drug-likeness (QED) is 0.141. The van der Waals surface area contributed by atoms with Crippen LogP contribution in [0.25, 0.3) is 10.8 Å². The number of ether oxygens (including phenoxy) is 1. The number of hydrogen-bond donors (Lipinski definition) is 5. The van der Waals surface area contributed by atoms with Gasteiger partial charge in [0.2, 0.25) is 11.8 Å². The largest absolute Gasteiger partial charge is 0.497 e. The van der Waals surface area contributed by atoms with Crippen LogP contribution in [0, 0.1) is 5.41 Å². The normalized spacial score (nSPS) is 14.1. The number of carboxylic acids is 1. The summed E-state index contributed by atoms with van der Waals surface area (Å²) in [5.74, 6) is -1.43. The molecule has 0 aliphatic rings. The lowest BCUT2D eigenvalue weighted by Gasteiger charge is -2.34. The lowest BCUT2D eigenvalue weighted by atomic mass is 9.85. The van der Waals surface area contributed by atoms with E-state index in [0.29, 0.717) is 5.75 Å². The molecule has 4 atom stereocenters. The summed E-state index contributed by atoms with van der Waals surface area (Å²) in [4.78, 5) is 39.7. The molecule has 4 unspecified atom stereocenters. The maximum atomic E-state index is 13.9. The Hall–Kier alpha value is -4.73. The predicted octanol–water partition coefficient (Wildman–Crippen LogP) is 4.25. The van der Waals surface area contributed by atoms with Crippen molar-refractivity contribution in [3.8, 4) is 5.75 Å². The minimum Gasteiger partial charge on any atom is -0.497 e. The van der Waals surface area contributed by atoms with Gasteiger partial charge in [-0.15, -0.1) is 0 Å². The summed E-state index contributed by atoms with van der Waals surface area (Å²) in [6.07, 6.45) is -1.26. The maximum absolute atomic E-state index is 13.9.